The number of nitrogens with one attached hydrogen (secondary N) is 2. The van der Waals surface area contributed by atoms with Gasteiger partial charge >= 0.3 is 0 Å². The van der Waals surface area contributed by atoms with E-state index >= 15 is 0 Å². The number of nitrogens with zero attached hydrogens (tertiary/aromatic N) is 2. The highest BCUT2D eigenvalue weighted by Crippen LogP contribution is 2.40. The molecule has 2 bridgehead atoms. The van der Waals surface area contributed by atoms with E-state index in [0.29, 0.717) is 18.0 Å². The molecule has 6 rings (SSSR count). The molecule has 5 nitrogen and oxygen atoms in total. The fraction of sp³-hybridized carbons (Fsp3) is 0.455. The zero-order chi connectivity index (χ0) is 19.6. The van der Waals surface area contributed by atoms with E-state index in [9.17, 15) is 4.79 Å². The Morgan fingerprint density at radius 3 is 2.43 bits per heavy atom. The minimum absolute atomic E-state index is 0.178. The summed E-state index contributed by atoms with van der Waals surface area (Å²) in [5, 5.41) is 3.49. The molecule has 6 heteroatoms. The number of fused-ring (bicyclic) bond motifs is 3. The molecular weight excluding hydrogens is 368 g/mol. The second kappa shape index (κ2) is 6.42. The van der Waals surface area contributed by atoms with Gasteiger partial charge in [0.2, 0.25) is 0 Å². The average molecular weight is 395 g/mol. The smallest absolute Gasteiger partial charge is 0.264 e. The van der Waals surface area contributed by atoms with Gasteiger partial charge < -0.3 is 15.2 Å². The first-order chi connectivity index (χ1) is 13.4. The molecule has 0 aliphatic carbocycles. The number of pyridine rings is 1. The van der Waals surface area contributed by atoms with Crippen LogP contribution in [0.2, 0.25) is 0 Å². The molecule has 0 aromatic carbocycles. The van der Waals surface area contributed by atoms with Crippen molar-refractivity contribution in [3.63, 3.8) is 0 Å². The molecule has 3 saturated heterocycles. The van der Waals surface area contributed by atoms with Crippen LogP contribution in [0.4, 0.5) is 0 Å². The van der Waals surface area contributed by atoms with E-state index in [1.807, 2.05) is 24.8 Å². The number of aryl methyl sites for hydroxylation is 2. The number of carbonyl (C=O) groups excluding carboxylic acids is 1. The van der Waals surface area contributed by atoms with Crippen LogP contribution in [0.5, 0.6) is 0 Å². The third-order valence-electron chi connectivity index (χ3n) is 5.87. The van der Waals surface area contributed by atoms with Crippen LogP contribution < -0.4 is 5.32 Å². The number of rotatable bonds is 3. The zero-order valence-electron chi connectivity index (χ0n) is 16.8. The molecule has 6 heterocycles. The fourth-order valence-electron chi connectivity index (χ4n) is 4.70. The lowest BCUT2D eigenvalue weighted by atomic mass is 9.91. The number of aromatic nitrogens is 2. The van der Waals surface area contributed by atoms with Gasteiger partial charge in [-0.1, -0.05) is 13.8 Å². The summed E-state index contributed by atoms with van der Waals surface area (Å²) in [6.07, 6.45) is 1.21. The maximum Gasteiger partial charge on any atom is 0.264 e. The third kappa shape index (κ3) is 2.86. The minimum atomic E-state index is 0.178. The Morgan fingerprint density at radius 1 is 1.18 bits per heavy atom. The SMILES string of the molecule is Cc1cc(-c2[nH]c3cc(C(=O)N4CC5CC(C4)N5)sc3c2C(C)C)cc(C)n1. The number of aromatic amines is 1. The molecule has 3 fully saturated rings. The molecule has 2 N–H and O–H groups in total. The number of amides is 1. The highest BCUT2D eigenvalue weighted by molar-refractivity contribution is 7.21. The summed E-state index contributed by atoms with van der Waals surface area (Å²) < 4.78 is 1.21. The highest BCUT2D eigenvalue weighted by Gasteiger charge is 2.39. The lowest BCUT2D eigenvalue weighted by Gasteiger charge is -2.48. The molecule has 3 aliphatic rings. The predicted molar refractivity (Wildman–Crippen MR) is 114 cm³/mol. The van der Waals surface area contributed by atoms with Crippen molar-refractivity contribution in [2.24, 2.45) is 0 Å². The second-order valence-electron chi connectivity index (χ2n) is 8.57. The summed E-state index contributed by atoms with van der Waals surface area (Å²) in [4.78, 5) is 24.0. The van der Waals surface area contributed by atoms with Crippen LogP contribution in [0.25, 0.3) is 21.5 Å². The molecule has 1 amide bonds. The minimum Gasteiger partial charge on any atom is -0.354 e. The van der Waals surface area contributed by atoms with Gasteiger partial charge in [0.15, 0.2) is 0 Å². The van der Waals surface area contributed by atoms with E-state index < -0.39 is 0 Å². The van der Waals surface area contributed by atoms with Gasteiger partial charge in [0.1, 0.15) is 0 Å². The summed E-state index contributed by atoms with van der Waals surface area (Å²) >= 11 is 1.64. The Morgan fingerprint density at radius 2 is 1.82 bits per heavy atom. The number of carbonyl (C=O) groups is 1. The lowest BCUT2D eigenvalue weighted by molar-refractivity contribution is 0.0478. The molecule has 3 aromatic heterocycles. The van der Waals surface area contributed by atoms with Crippen molar-refractivity contribution in [1.29, 1.82) is 0 Å². The summed E-state index contributed by atoms with van der Waals surface area (Å²) in [6, 6.07) is 7.29. The summed E-state index contributed by atoms with van der Waals surface area (Å²) in [5.41, 5.74) is 6.75. The molecule has 0 radical (unpaired) electrons. The van der Waals surface area contributed by atoms with Crippen molar-refractivity contribution in [2.45, 2.75) is 52.1 Å². The van der Waals surface area contributed by atoms with Gasteiger partial charge in [0, 0.05) is 42.1 Å². The number of thiophene rings is 1. The van der Waals surface area contributed by atoms with E-state index in [4.69, 9.17) is 0 Å². The van der Waals surface area contributed by atoms with Crippen LogP contribution in [0.1, 0.15) is 52.8 Å². The molecule has 3 aliphatic heterocycles. The molecular formula is C22H26N4OS. The largest absolute Gasteiger partial charge is 0.354 e. The average Bonchev–Trinajstić information content (AvgIpc) is 3.17. The van der Waals surface area contributed by atoms with Crippen molar-refractivity contribution in [1.82, 2.24) is 20.2 Å². The monoisotopic (exact) mass is 394 g/mol. The van der Waals surface area contributed by atoms with Gasteiger partial charge in [-0.05, 0) is 49.9 Å². The van der Waals surface area contributed by atoms with Crippen molar-refractivity contribution in [3.05, 3.63) is 40.0 Å². The van der Waals surface area contributed by atoms with Gasteiger partial charge in [-0.15, -0.1) is 11.3 Å². The second-order valence-corrected chi connectivity index (χ2v) is 9.62. The normalized spacial score (nSPS) is 21.4. The Bertz CT molecular complexity index is 1040. The van der Waals surface area contributed by atoms with Gasteiger partial charge in [-0.25, -0.2) is 0 Å². The number of piperazine rings is 1. The van der Waals surface area contributed by atoms with Crippen LogP contribution >= 0.6 is 11.3 Å². The number of hydrogen-bond acceptors (Lipinski definition) is 4. The quantitative estimate of drug-likeness (QED) is 0.699. The number of hydrogen-bond donors (Lipinski definition) is 2. The van der Waals surface area contributed by atoms with Crippen molar-refractivity contribution in [3.8, 4) is 11.3 Å². The number of piperidine rings is 1. The van der Waals surface area contributed by atoms with Crippen LogP contribution in [0.15, 0.2) is 18.2 Å². The van der Waals surface area contributed by atoms with Gasteiger partial charge in [0.05, 0.1) is 20.8 Å². The first kappa shape index (κ1) is 17.9. The van der Waals surface area contributed by atoms with E-state index in [2.05, 4.69) is 41.3 Å². The molecule has 0 spiro atoms. The molecule has 0 saturated carbocycles. The van der Waals surface area contributed by atoms with E-state index in [1.165, 1.54) is 22.2 Å². The summed E-state index contributed by atoms with van der Waals surface area (Å²) in [5.74, 6) is 0.545. The predicted octanol–water partition coefficient (Wildman–Crippen LogP) is 4.22. The topological polar surface area (TPSA) is 61.0 Å². The van der Waals surface area contributed by atoms with Gasteiger partial charge in [0.25, 0.3) is 5.91 Å². The van der Waals surface area contributed by atoms with Crippen molar-refractivity contribution in [2.75, 3.05) is 13.1 Å². The molecule has 3 aromatic rings. The van der Waals surface area contributed by atoms with Gasteiger partial charge in [-0.2, -0.15) is 0 Å². The van der Waals surface area contributed by atoms with E-state index in [-0.39, 0.29) is 5.91 Å². The number of H-pyrrole nitrogens is 1. The Labute approximate surface area is 169 Å². The molecule has 2 atom stereocenters. The first-order valence-electron chi connectivity index (χ1n) is 10.1. The standard InChI is InChI=1S/C22H26N4OS/c1-11(2)19-20(14-5-12(3)23-13(4)6-14)25-17-8-18(28-21(17)19)22(27)26-9-15-7-16(10-26)24-15/h5-6,8,11,15-16,24-25H,7,9-10H2,1-4H3. The summed E-state index contributed by atoms with van der Waals surface area (Å²) in [6.45, 7) is 10.2. The third-order valence-corrected chi connectivity index (χ3v) is 7.03. The van der Waals surface area contributed by atoms with Crippen molar-refractivity contribution >= 4 is 27.5 Å². The Hall–Kier alpha value is -2.18. The zero-order valence-corrected chi connectivity index (χ0v) is 17.6. The van der Waals surface area contributed by atoms with Crippen LogP contribution in [0, 0.1) is 13.8 Å². The molecule has 2 unspecified atom stereocenters. The maximum absolute atomic E-state index is 13.0. The Balaban J connectivity index is 1.54. The summed E-state index contributed by atoms with van der Waals surface area (Å²) in [7, 11) is 0. The van der Waals surface area contributed by atoms with Crippen LogP contribution in [0.3, 0.4) is 0 Å². The maximum atomic E-state index is 13.0. The molecule has 146 valence electrons. The molecule has 28 heavy (non-hydrogen) atoms. The fourth-order valence-corrected chi connectivity index (χ4v) is 5.98. The van der Waals surface area contributed by atoms with Gasteiger partial charge in [-0.3, -0.25) is 9.78 Å². The van der Waals surface area contributed by atoms with E-state index in [1.54, 1.807) is 11.3 Å². The highest BCUT2D eigenvalue weighted by atomic mass is 32.1. The first-order valence-corrected chi connectivity index (χ1v) is 10.9. The van der Waals surface area contributed by atoms with Crippen LogP contribution in [-0.2, 0) is 0 Å². The van der Waals surface area contributed by atoms with Crippen molar-refractivity contribution < 1.29 is 4.79 Å². The van der Waals surface area contributed by atoms with E-state index in [0.717, 1.165) is 40.6 Å². The Kier molecular flexibility index (Phi) is 4.10. The lowest BCUT2D eigenvalue weighted by Crippen LogP contribution is -2.67. The van der Waals surface area contributed by atoms with Crippen LogP contribution in [-0.4, -0.2) is 45.9 Å².